The summed E-state index contributed by atoms with van der Waals surface area (Å²) >= 11 is 7.42. The number of hydrogen-bond donors (Lipinski definition) is 0. The zero-order chi connectivity index (χ0) is 19.4. The predicted octanol–water partition coefficient (Wildman–Crippen LogP) is 4.96. The molecule has 0 radical (unpaired) electrons. The van der Waals surface area contributed by atoms with E-state index in [0.717, 1.165) is 11.1 Å². The van der Waals surface area contributed by atoms with Gasteiger partial charge in [-0.1, -0.05) is 41.4 Å². The van der Waals surface area contributed by atoms with Crippen molar-refractivity contribution in [2.45, 2.75) is 13.0 Å². The lowest BCUT2D eigenvalue weighted by molar-refractivity contribution is 0.0971. The molecule has 138 valence electrons. The van der Waals surface area contributed by atoms with Crippen molar-refractivity contribution in [3.05, 3.63) is 91.7 Å². The number of fused-ring (bicyclic) bond motifs is 2. The number of amides is 1. The van der Waals surface area contributed by atoms with E-state index in [1.54, 1.807) is 29.8 Å². The summed E-state index contributed by atoms with van der Waals surface area (Å²) in [7, 11) is 0. The largest absolute Gasteiger partial charge is 0.450 e. The minimum Gasteiger partial charge on any atom is -0.450 e. The number of nitrogens with zero attached hydrogens (tertiary/aromatic N) is 2. The molecule has 1 amide bonds. The summed E-state index contributed by atoms with van der Waals surface area (Å²) in [5.41, 5.74) is 2.31. The van der Waals surface area contributed by atoms with Gasteiger partial charge in [0.15, 0.2) is 10.6 Å². The van der Waals surface area contributed by atoms with Crippen molar-refractivity contribution < 1.29 is 9.21 Å². The summed E-state index contributed by atoms with van der Waals surface area (Å²) in [5, 5.41) is 3.11. The molecule has 0 saturated heterocycles. The molecule has 0 fully saturated rings. The number of benzene rings is 2. The Balaban J connectivity index is 1.83. The van der Waals surface area contributed by atoms with Crippen molar-refractivity contribution in [3.8, 4) is 0 Å². The average Bonchev–Trinajstić information content (AvgIpc) is 3.30. The minimum atomic E-state index is -0.603. The highest BCUT2D eigenvalue weighted by molar-refractivity contribution is 7.13. The van der Waals surface area contributed by atoms with Crippen molar-refractivity contribution in [1.82, 2.24) is 4.98 Å². The maximum atomic E-state index is 13.4. The predicted molar refractivity (Wildman–Crippen MR) is 109 cm³/mol. The van der Waals surface area contributed by atoms with E-state index >= 15 is 0 Å². The molecular formula is C21H13ClN2O3S. The van der Waals surface area contributed by atoms with E-state index in [4.69, 9.17) is 16.0 Å². The number of carbonyl (C=O) groups excluding carboxylic acids is 1. The van der Waals surface area contributed by atoms with Gasteiger partial charge in [-0.15, -0.1) is 11.3 Å². The van der Waals surface area contributed by atoms with E-state index in [-0.39, 0.29) is 17.1 Å². The number of rotatable bonds is 2. The number of halogens is 1. The summed E-state index contributed by atoms with van der Waals surface area (Å²) < 4.78 is 5.88. The van der Waals surface area contributed by atoms with E-state index < -0.39 is 6.04 Å². The molecule has 2 aromatic heterocycles. The van der Waals surface area contributed by atoms with Gasteiger partial charge in [0.1, 0.15) is 5.58 Å². The van der Waals surface area contributed by atoms with Crippen LogP contribution in [0.15, 0.2) is 63.3 Å². The average molecular weight is 409 g/mol. The number of aryl methyl sites for hydroxylation is 1. The van der Waals surface area contributed by atoms with Gasteiger partial charge >= 0.3 is 0 Å². The molecular weight excluding hydrogens is 396 g/mol. The van der Waals surface area contributed by atoms with E-state index in [2.05, 4.69) is 4.98 Å². The summed E-state index contributed by atoms with van der Waals surface area (Å²) in [6, 6.07) is 12.0. The molecule has 4 aromatic rings. The van der Waals surface area contributed by atoms with Crippen LogP contribution in [-0.4, -0.2) is 10.9 Å². The van der Waals surface area contributed by atoms with Gasteiger partial charge in [-0.25, -0.2) is 4.98 Å². The number of aromatic nitrogens is 1. The third-order valence-electron chi connectivity index (χ3n) is 4.85. The van der Waals surface area contributed by atoms with E-state index in [1.165, 1.54) is 16.2 Å². The van der Waals surface area contributed by atoms with Gasteiger partial charge in [-0.05, 0) is 30.7 Å². The Morgan fingerprint density at radius 3 is 2.64 bits per heavy atom. The molecule has 0 saturated carbocycles. The Hall–Kier alpha value is -2.96. The Bertz CT molecular complexity index is 1280. The SMILES string of the molecule is Cc1ccc([C@H]2c3c(oc4ccc(Cl)cc4c3=O)C(=O)N2c2nccs2)cc1. The van der Waals surface area contributed by atoms with Gasteiger partial charge in [0.2, 0.25) is 5.76 Å². The summed E-state index contributed by atoms with van der Waals surface area (Å²) in [5.74, 6) is -0.315. The first-order chi connectivity index (χ1) is 13.5. The highest BCUT2D eigenvalue weighted by Gasteiger charge is 2.44. The van der Waals surface area contributed by atoms with Crippen molar-refractivity contribution >= 4 is 44.9 Å². The quantitative estimate of drug-likeness (QED) is 0.470. The molecule has 5 rings (SSSR count). The molecule has 7 heteroatoms. The van der Waals surface area contributed by atoms with Crippen molar-refractivity contribution in [3.63, 3.8) is 0 Å². The number of hydrogen-bond acceptors (Lipinski definition) is 5. The normalized spacial score (nSPS) is 16.0. The molecule has 0 spiro atoms. The molecule has 0 N–H and O–H groups in total. The molecule has 0 unspecified atom stereocenters. The van der Waals surface area contributed by atoms with Gasteiger partial charge < -0.3 is 4.42 Å². The second-order valence-corrected chi connectivity index (χ2v) is 7.93. The Morgan fingerprint density at radius 1 is 1.14 bits per heavy atom. The third kappa shape index (κ3) is 2.49. The van der Waals surface area contributed by atoms with Crippen LogP contribution in [0.4, 0.5) is 5.13 Å². The van der Waals surface area contributed by atoms with Crippen LogP contribution in [0.25, 0.3) is 11.0 Å². The van der Waals surface area contributed by atoms with Crippen LogP contribution in [0, 0.1) is 6.92 Å². The van der Waals surface area contributed by atoms with Crippen LogP contribution in [0.5, 0.6) is 0 Å². The fourth-order valence-corrected chi connectivity index (χ4v) is 4.38. The smallest absolute Gasteiger partial charge is 0.297 e. The second kappa shape index (κ2) is 6.29. The molecule has 1 aliphatic heterocycles. The molecule has 0 bridgehead atoms. The van der Waals surface area contributed by atoms with Gasteiger partial charge in [-0.2, -0.15) is 0 Å². The zero-order valence-electron chi connectivity index (χ0n) is 14.7. The number of carbonyl (C=O) groups is 1. The number of thiazole rings is 1. The van der Waals surface area contributed by atoms with Gasteiger partial charge in [0.25, 0.3) is 5.91 Å². The van der Waals surface area contributed by atoms with Gasteiger partial charge in [0, 0.05) is 16.6 Å². The lowest BCUT2D eigenvalue weighted by Crippen LogP contribution is -2.29. The fraction of sp³-hybridized carbons (Fsp3) is 0.0952. The maximum absolute atomic E-state index is 13.4. The van der Waals surface area contributed by atoms with Crippen molar-refractivity contribution in [1.29, 1.82) is 0 Å². The molecule has 1 aliphatic rings. The monoisotopic (exact) mass is 408 g/mol. The van der Waals surface area contributed by atoms with Gasteiger partial charge in [-0.3, -0.25) is 14.5 Å². The van der Waals surface area contributed by atoms with E-state index in [9.17, 15) is 9.59 Å². The van der Waals surface area contributed by atoms with Crippen LogP contribution in [-0.2, 0) is 0 Å². The Labute approximate surface area is 168 Å². The summed E-state index contributed by atoms with van der Waals surface area (Å²) in [4.78, 5) is 32.4. The maximum Gasteiger partial charge on any atom is 0.297 e. The van der Waals surface area contributed by atoms with Crippen LogP contribution >= 0.6 is 22.9 Å². The van der Waals surface area contributed by atoms with Crippen molar-refractivity contribution in [2.75, 3.05) is 4.90 Å². The first kappa shape index (κ1) is 17.2. The molecule has 2 aromatic carbocycles. The first-order valence-corrected chi connectivity index (χ1v) is 9.86. The molecule has 0 aliphatic carbocycles. The van der Waals surface area contributed by atoms with Crippen LogP contribution in [0.1, 0.15) is 33.3 Å². The van der Waals surface area contributed by atoms with Crippen molar-refractivity contribution in [2.24, 2.45) is 0 Å². The summed E-state index contributed by atoms with van der Waals surface area (Å²) in [6.45, 7) is 1.99. The van der Waals surface area contributed by atoms with Crippen LogP contribution in [0.2, 0.25) is 5.02 Å². The third-order valence-corrected chi connectivity index (χ3v) is 5.86. The topological polar surface area (TPSA) is 63.4 Å². The van der Waals surface area contributed by atoms with Crippen LogP contribution in [0.3, 0.4) is 0 Å². The highest BCUT2D eigenvalue weighted by Crippen LogP contribution is 2.41. The Kier molecular flexibility index (Phi) is 3.86. The van der Waals surface area contributed by atoms with Gasteiger partial charge in [0.05, 0.1) is 17.0 Å². The highest BCUT2D eigenvalue weighted by atomic mass is 35.5. The second-order valence-electron chi connectivity index (χ2n) is 6.62. The lowest BCUT2D eigenvalue weighted by Gasteiger charge is -2.22. The standard InChI is InChI=1S/C21H13ClN2O3S/c1-11-2-4-12(5-3-11)17-16-18(25)14-10-13(22)6-7-15(14)27-19(16)20(26)24(17)21-23-8-9-28-21/h2-10,17H,1H3/t17-/m0/s1. The van der Waals surface area contributed by atoms with E-state index in [0.29, 0.717) is 26.7 Å². The lowest BCUT2D eigenvalue weighted by atomic mass is 9.98. The minimum absolute atomic E-state index is 0.0561. The molecule has 3 heterocycles. The molecule has 28 heavy (non-hydrogen) atoms. The first-order valence-electron chi connectivity index (χ1n) is 8.60. The van der Waals surface area contributed by atoms with Crippen LogP contribution < -0.4 is 10.3 Å². The van der Waals surface area contributed by atoms with E-state index in [1.807, 2.05) is 31.2 Å². The Morgan fingerprint density at radius 2 is 1.93 bits per heavy atom. The molecule has 1 atom stereocenters. The summed E-state index contributed by atoms with van der Waals surface area (Å²) in [6.07, 6.45) is 1.63. The fourth-order valence-electron chi connectivity index (χ4n) is 3.54. The number of anilines is 1. The zero-order valence-corrected chi connectivity index (χ0v) is 16.3. The molecule has 5 nitrogen and oxygen atoms in total.